The molecule has 0 aromatic carbocycles. The summed E-state index contributed by atoms with van der Waals surface area (Å²) in [6.45, 7) is -0.750. The third-order valence-electron chi connectivity index (χ3n) is 0. The maximum atomic E-state index is 7.35. The van der Waals surface area contributed by atoms with Crippen LogP contribution >= 0.6 is 0 Å². The first-order valence-electron chi connectivity index (χ1n) is 2.75. The van der Waals surface area contributed by atoms with Crippen molar-refractivity contribution < 1.29 is 15.3 Å². The molecule has 0 amide bonds. The van der Waals surface area contributed by atoms with E-state index in [2.05, 4.69) is 22.9 Å². The molecule has 0 atom stereocenters. The van der Waals surface area contributed by atoms with Crippen LogP contribution in [0.25, 0.3) is 0 Å². The van der Waals surface area contributed by atoms with Crippen molar-refractivity contribution in [2.75, 3.05) is 27.2 Å². The minimum absolute atomic E-state index is 0.250. The van der Waals surface area contributed by atoms with Gasteiger partial charge >= 0.3 is 0 Å². The van der Waals surface area contributed by atoms with Crippen LogP contribution in [0.1, 0.15) is 0 Å². The van der Waals surface area contributed by atoms with Gasteiger partial charge in [0.25, 0.3) is 0 Å². The molecule has 11 heavy (non-hydrogen) atoms. The second-order valence-corrected chi connectivity index (χ2v) is 0.548. The van der Waals surface area contributed by atoms with Gasteiger partial charge in [-0.25, -0.2) is 0 Å². The van der Waals surface area contributed by atoms with Gasteiger partial charge in [0, 0.05) is 0 Å². The average molecular weight is 172 g/mol. The highest BCUT2D eigenvalue weighted by Gasteiger charge is 1.31. The Morgan fingerprint density at radius 1 is 0.727 bits per heavy atom. The van der Waals surface area contributed by atoms with E-state index in [0.717, 1.165) is 0 Å². The molecule has 0 aliphatic heterocycles. The van der Waals surface area contributed by atoms with E-state index in [1.807, 2.05) is 0 Å². The lowest BCUT2D eigenvalue weighted by Gasteiger charge is -1.56. The number of rotatable bonds is 0. The Hall–Kier alpha value is -0.280. The molecule has 0 aliphatic carbocycles. The molecule has 0 radical (unpaired) electrons. The Morgan fingerprint density at radius 2 is 0.727 bits per heavy atom. The second-order valence-electron chi connectivity index (χ2n) is 0.548. The maximum Gasteiger partial charge on any atom is 0.0906 e. The third-order valence-corrected chi connectivity index (χ3v) is 0. The number of hydrogen-bond acceptors (Lipinski definition) is 7. The molecule has 0 aromatic rings. The summed E-state index contributed by atoms with van der Waals surface area (Å²) in [7, 11) is 1.50. The predicted molar refractivity (Wildman–Crippen MR) is 43.9 cm³/mol. The van der Waals surface area contributed by atoms with Crippen molar-refractivity contribution in [2.45, 2.75) is 0 Å². The van der Waals surface area contributed by atoms with Gasteiger partial charge in [0.15, 0.2) is 0 Å². The molecule has 0 spiro atoms. The van der Waals surface area contributed by atoms with Crippen molar-refractivity contribution in [1.82, 2.24) is 0 Å². The topological polar surface area (TPSA) is 165 Å². The lowest BCUT2D eigenvalue weighted by Crippen LogP contribution is -1.92. The summed E-state index contributed by atoms with van der Waals surface area (Å²) in [5.41, 5.74) is 17.7. The highest BCUT2D eigenvalue weighted by atomic mass is 16.3. The van der Waals surface area contributed by atoms with E-state index in [1.165, 1.54) is 7.05 Å². The van der Waals surface area contributed by atoms with Crippen LogP contribution < -0.4 is 22.9 Å². The summed E-state index contributed by atoms with van der Waals surface area (Å²) in [4.78, 5) is 0. The first-order valence-corrected chi connectivity index (χ1v) is 2.75. The summed E-state index contributed by atoms with van der Waals surface area (Å²) in [6, 6.07) is 0. The van der Waals surface area contributed by atoms with Crippen molar-refractivity contribution in [3.63, 3.8) is 0 Å². The van der Waals surface area contributed by atoms with E-state index in [9.17, 15) is 0 Å². The Kier molecular flexibility index (Phi) is 204. The van der Waals surface area contributed by atoms with Gasteiger partial charge in [0.05, 0.1) is 20.2 Å². The fourth-order valence-corrected chi connectivity index (χ4v) is 0. The van der Waals surface area contributed by atoms with Gasteiger partial charge in [-0.1, -0.05) is 0 Å². The molecule has 7 heteroatoms. The van der Waals surface area contributed by atoms with Gasteiger partial charge in [0.1, 0.15) is 0 Å². The normalized spacial score (nSPS) is 5.45. The first-order chi connectivity index (χ1) is 5.24. The number of nitrogens with two attached hydrogens (primary N) is 4. The highest BCUT2D eigenvalue weighted by Crippen LogP contribution is 1.04. The fourth-order valence-electron chi connectivity index (χ4n) is 0. The maximum absolute atomic E-state index is 7.35. The lowest BCUT2D eigenvalue weighted by molar-refractivity contribution is 0.307. The van der Waals surface area contributed by atoms with E-state index in [4.69, 9.17) is 15.3 Å². The van der Waals surface area contributed by atoms with Gasteiger partial charge < -0.3 is 38.3 Å². The average Bonchev–Trinajstić information content (AvgIpc) is 1.96. The van der Waals surface area contributed by atoms with Crippen molar-refractivity contribution in [2.24, 2.45) is 22.9 Å². The summed E-state index contributed by atoms with van der Waals surface area (Å²) in [5.74, 6) is 0. The number of aliphatic hydroxyl groups excluding tert-OH is 3. The molecule has 0 bridgehead atoms. The van der Waals surface area contributed by atoms with Crippen LogP contribution in [0.5, 0.6) is 0 Å². The van der Waals surface area contributed by atoms with Crippen LogP contribution in [0, 0.1) is 0 Å². The van der Waals surface area contributed by atoms with Crippen molar-refractivity contribution in [1.29, 1.82) is 0 Å². The largest absolute Gasteiger partial charge is 0.382 e. The van der Waals surface area contributed by atoms with Crippen LogP contribution in [0.3, 0.4) is 0 Å². The third kappa shape index (κ3) is 7390. The molecule has 7 nitrogen and oxygen atoms in total. The minimum atomic E-state index is -0.250. The summed E-state index contributed by atoms with van der Waals surface area (Å²) in [6.07, 6.45) is 0. The minimum Gasteiger partial charge on any atom is -0.382 e. The molecule has 74 valence electrons. The molecular weight excluding hydrogens is 152 g/mol. The summed E-state index contributed by atoms with van der Waals surface area (Å²) in [5, 5.41) is 22.0. The van der Waals surface area contributed by atoms with E-state index in [-0.39, 0.29) is 20.2 Å². The van der Waals surface area contributed by atoms with Crippen molar-refractivity contribution in [3.8, 4) is 0 Å². The highest BCUT2D eigenvalue weighted by molar-refractivity contribution is 3.77. The molecule has 0 rings (SSSR count). The molecule has 0 saturated heterocycles. The standard InChI is InChI=1S/3CH5NO.CH5N/c3*2-1-3;1-2/h3*3H,1-2H2;2H2,1H3. The Bertz CT molecular complexity index is 22.1. The molecule has 0 fully saturated rings. The molecule has 0 aromatic heterocycles. The van der Waals surface area contributed by atoms with E-state index in [0.29, 0.717) is 0 Å². The number of hydrogen-bond donors (Lipinski definition) is 7. The second kappa shape index (κ2) is 99.9. The van der Waals surface area contributed by atoms with Crippen LogP contribution in [0.2, 0.25) is 0 Å². The number of aliphatic hydroxyl groups is 3. The molecule has 0 aliphatic rings. The van der Waals surface area contributed by atoms with Crippen LogP contribution in [0.4, 0.5) is 0 Å². The predicted octanol–water partition coefficient (Wildman–Crippen LogP) is -3.74. The van der Waals surface area contributed by atoms with Crippen molar-refractivity contribution >= 4 is 0 Å². The molecule has 0 heterocycles. The first kappa shape index (κ1) is 22.4. The Labute approximate surface area is 66.6 Å². The van der Waals surface area contributed by atoms with Gasteiger partial charge in [-0.3, -0.25) is 0 Å². The zero-order chi connectivity index (χ0) is 10.1. The van der Waals surface area contributed by atoms with Crippen LogP contribution in [-0.4, -0.2) is 42.6 Å². The zero-order valence-corrected chi connectivity index (χ0v) is 6.77. The van der Waals surface area contributed by atoms with E-state index >= 15 is 0 Å². The zero-order valence-electron chi connectivity index (χ0n) is 6.77. The van der Waals surface area contributed by atoms with Crippen LogP contribution in [0.15, 0.2) is 0 Å². The fraction of sp³-hybridized carbons (Fsp3) is 1.00. The van der Waals surface area contributed by atoms with E-state index < -0.39 is 0 Å². The quantitative estimate of drug-likeness (QED) is 0.184. The van der Waals surface area contributed by atoms with Gasteiger partial charge in [0.2, 0.25) is 0 Å². The monoisotopic (exact) mass is 172 g/mol. The van der Waals surface area contributed by atoms with Crippen molar-refractivity contribution in [3.05, 3.63) is 0 Å². The SMILES string of the molecule is CN.NCO.NCO.NCO. The van der Waals surface area contributed by atoms with Gasteiger partial charge in [-0.15, -0.1) is 0 Å². The Balaban J connectivity index is -0.0000000301. The van der Waals surface area contributed by atoms with E-state index in [1.54, 1.807) is 0 Å². The molecular formula is C4H20N4O3. The lowest BCUT2D eigenvalue weighted by atomic mass is 11.4. The smallest absolute Gasteiger partial charge is 0.0906 e. The van der Waals surface area contributed by atoms with Gasteiger partial charge in [-0.2, -0.15) is 0 Å². The molecule has 0 unspecified atom stereocenters. The molecule has 11 N–H and O–H groups in total. The summed E-state index contributed by atoms with van der Waals surface area (Å²) >= 11 is 0. The summed E-state index contributed by atoms with van der Waals surface area (Å²) < 4.78 is 0. The molecule has 0 saturated carbocycles. The van der Waals surface area contributed by atoms with Gasteiger partial charge in [-0.05, 0) is 7.05 Å². The van der Waals surface area contributed by atoms with Crippen LogP contribution in [-0.2, 0) is 0 Å². The Morgan fingerprint density at radius 3 is 0.727 bits per heavy atom.